The smallest absolute Gasteiger partial charge is 0.327 e. The standard InChI is InChI=1S/C10H24O2Si/c1-7-10(4,8-9(2)3)13(11-5)12-6/h9,13H,7-8H2,1-6H3. The molecule has 0 saturated heterocycles. The molecule has 80 valence electrons. The summed E-state index contributed by atoms with van der Waals surface area (Å²) < 4.78 is 10.9. The summed E-state index contributed by atoms with van der Waals surface area (Å²) in [6, 6.07) is 0. The molecule has 0 rings (SSSR count). The maximum Gasteiger partial charge on any atom is 0.327 e. The van der Waals surface area contributed by atoms with Gasteiger partial charge >= 0.3 is 9.28 Å². The third-order valence-corrected chi connectivity index (χ3v) is 5.32. The summed E-state index contributed by atoms with van der Waals surface area (Å²) in [4.78, 5) is 0. The first kappa shape index (κ1) is 13.1. The van der Waals surface area contributed by atoms with Crippen LogP contribution < -0.4 is 0 Å². The maximum atomic E-state index is 5.47. The van der Waals surface area contributed by atoms with E-state index in [2.05, 4.69) is 27.7 Å². The second kappa shape index (κ2) is 5.78. The zero-order valence-electron chi connectivity index (χ0n) is 9.89. The van der Waals surface area contributed by atoms with Crippen molar-refractivity contribution in [3.05, 3.63) is 0 Å². The van der Waals surface area contributed by atoms with Crippen LogP contribution in [0.2, 0.25) is 5.04 Å². The average Bonchev–Trinajstić information content (AvgIpc) is 2.05. The molecule has 0 fully saturated rings. The predicted molar refractivity (Wildman–Crippen MR) is 59.3 cm³/mol. The summed E-state index contributed by atoms with van der Waals surface area (Å²) in [7, 11) is 2.07. The Labute approximate surface area is 84.5 Å². The van der Waals surface area contributed by atoms with Crippen LogP contribution in [0.5, 0.6) is 0 Å². The molecule has 2 nitrogen and oxygen atoms in total. The first-order chi connectivity index (χ1) is 6.00. The Morgan fingerprint density at radius 3 is 1.92 bits per heavy atom. The molecule has 0 N–H and O–H groups in total. The molecule has 0 aromatic heterocycles. The van der Waals surface area contributed by atoms with E-state index in [-0.39, 0.29) is 5.04 Å². The van der Waals surface area contributed by atoms with E-state index >= 15 is 0 Å². The van der Waals surface area contributed by atoms with Gasteiger partial charge in [-0.05, 0) is 18.8 Å². The van der Waals surface area contributed by atoms with E-state index in [1.54, 1.807) is 14.2 Å². The van der Waals surface area contributed by atoms with Gasteiger partial charge in [0.05, 0.1) is 0 Å². The second-order valence-corrected chi connectivity index (χ2v) is 7.41. The molecular formula is C10H24O2Si. The van der Waals surface area contributed by atoms with Crippen molar-refractivity contribution < 1.29 is 8.85 Å². The lowest BCUT2D eigenvalue weighted by atomic mass is 9.95. The Bertz CT molecular complexity index is 135. The molecule has 0 aromatic rings. The molecular weight excluding hydrogens is 180 g/mol. The normalized spacial score (nSPS) is 16.6. The SMILES string of the molecule is CCC(C)(CC(C)C)[SiH](OC)OC. The lowest BCUT2D eigenvalue weighted by Crippen LogP contribution is -2.35. The van der Waals surface area contributed by atoms with Crippen LogP contribution in [0, 0.1) is 5.92 Å². The Hall–Kier alpha value is 0.137. The van der Waals surface area contributed by atoms with Crippen molar-refractivity contribution in [1.82, 2.24) is 0 Å². The molecule has 0 radical (unpaired) electrons. The van der Waals surface area contributed by atoms with Gasteiger partial charge in [-0.1, -0.05) is 27.7 Å². The number of hydrogen-bond acceptors (Lipinski definition) is 2. The van der Waals surface area contributed by atoms with Gasteiger partial charge in [0.2, 0.25) is 0 Å². The molecule has 0 aliphatic rings. The molecule has 0 aliphatic carbocycles. The van der Waals surface area contributed by atoms with Crippen molar-refractivity contribution in [3.63, 3.8) is 0 Å². The van der Waals surface area contributed by atoms with Crippen LogP contribution in [0.1, 0.15) is 40.5 Å². The minimum absolute atomic E-state index is 0.275. The lowest BCUT2D eigenvalue weighted by molar-refractivity contribution is 0.227. The van der Waals surface area contributed by atoms with Gasteiger partial charge < -0.3 is 8.85 Å². The van der Waals surface area contributed by atoms with Crippen molar-refractivity contribution in [2.45, 2.75) is 45.6 Å². The van der Waals surface area contributed by atoms with Crippen LogP contribution in [-0.2, 0) is 8.85 Å². The quantitative estimate of drug-likeness (QED) is 0.619. The third kappa shape index (κ3) is 3.79. The van der Waals surface area contributed by atoms with Gasteiger partial charge in [0.25, 0.3) is 0 Å². The Morgan fingerprint density at radius 2 is 1.69 bits per heavy atom. The zero-order valence-corrected chi connectivity index (χ0v) is 11.0. The van der Waals surface area contributed by atoms with E-state index in [0.717, 1.165) is 6.42 Å². The molecule has 0 amide bonds. The fourth-order valence-electron chi connectivity index (χ4n) is 2.01. The fourth-order valence-corrected chi connectivity index (χ4v) is 4.33. The molecule has 13 heavy (non-hydrogen) atoms. The fraction of sp³-hybridized carbons (Fsp3) is 1.00. The Morgan fingerprint density at radius 1 is 1.23 bits per heavy atom. The van der Waals surface area contributed by atoms with Crippen molar-refractivity contribution >= 4 is 9.28 Å². The van der Waals surface area contributed by atoms with E-state index in [1.807, 2.05) is 0 Å². The predicted octanol–water partition coefficient (Wildman–Crippen LogP) is 2.72. The van der Waals surface area contributed by atoms with Gasteiger partial charge in [-0.25, -0.2) is 0 Å². The molecule has 0 aliphatic heterocycles. The van der Waals surface area contributed by atoms with E-state index in [4.69, 9.17) is 8.85 Å². The van der Waals surface area contributed by atoms with E-state index in [1.165, 1.54) is 6.42 Å². The topological polar surface area (TPSA) is 18.5 Å². The van der Waals surface area contributed by atoms with Crippen molar-refractivity contribution in [3.8, 4) is 0 Å². The summed E-state index contributed by atoms with van der Waals surface area (Å²) in [5.74, 6) is 0.713. The maximum absolute atomic E-state index is 5.47. The van der Waals surface area contributed by atoms with E-state index < -0.39 is 9.28 Å². The lowest BCUT2D eigenvalue weighted by Gasteiger charge is -2.34. The minimum Gasteiger partial charge on any atom is -0.400 e. The second-order valence-electron chi connectivity index (χ2n) is 4.41. The number of rotatable bonds is 6. The van der Waals surface area contributed by atoms with Gasteiger partial charge in [0.15, 0.2) is 0 Å². The Kier molecular flexibility index (Phi) is 5.84. The molecule has 0 saturated carbocycles. The van der Waals surface area contributed by atoms with E-state index in [0.29, 0.717) is 5.92 Å². The van der Waals surface area contributed by atoms with Crippen LogP contribution in [0.15, 0.2) is 0 Å². The summed E-state index contributed by atoms with van der Waals surface area (Å²) in [5.41, 5.74) is 0. The van der Waals surface area contributed by atoms with Crippen LogP contribution in [0.3, 0.4) is 0 Å². The van der Waals surface area contributed by atoms with Crippen molar-refractivity contribution in [1.29, 1.82) is 0 Å². The molecule has 1 unspecified atom stereocenters. The van der Waals surface area contributed by atoms with Gasteiger partial charge in [-0.15, -0.1) is 0 Å². The van der Waals surface area contributed by atoms with Crippen LogP contribution >= 0.6 is 0 Å². The highest BCUT2D eigenvalue weighted by Crippen LogP contribution is 2.40. The van der Waals surface area contributed by atoms with Crippen molar-refractivity contribution in [2.75, 3.05) is 14.2 Å². The van der Waals surface area contributed by atoms with Gasteiger partial charge in [-0.3, -0.25) is 0 Å². The highest BCUT2D eigenvalue weighted by molar-refractivity contribution is 6.48. The summed E-state index contributed by atoms with van der Waals surface area (Å²) >= 11 is 0. The summed E-state index contributed by atoms with van der Waals surface area (Å²) in [6.07, 6.45) is 2.34. The molecule has 0 heterocycles. The third-order valence-electron chi connectivity index (χ3n) is 2.68. The molecule has 0 aromatic carbocycles. The van der Waals surface area contributed by atoms with E-state index in [9.17, 15) is 0 Å². The van der Waals surface area contributed by atoms with Gasteiger partial charge in [0.1, 0.15) is 0 Å². The van der Waals surface area contributed by atoms with Gasteiger partial charge in [0, 0.05) is 19.3 Å². The minimum atomic E-state index is -1.48. The summed E-state index contributed by atoms with van der Waals surface area (Å²) in [6.45, 7) is 9.02. The first-order valence-electron chi connectivity index (χ1n) is 5.05. The molecule has 0 bridgehead atoms. The first-order valence-corrected chi connectivity index (χ1v) is 6.57. The highest BCUT2D eigenvalue weighted by atomic mass is 28.3. The van der Waals surface area contributed by atoms with Gasteiger partial charge in [-0.2, -0.15) is 0 Å². The molecule has 1 atom stereocenters. The molecule has 3 heteroatoms. The van der Waals surface area contributed by atoms with Crippen LogP contribution in [0.25, 0.3) is 0 Å². The van der Waals surface area contributed by atoms with Crippen LogP contribution in [0.4, 0.5) is 0 Å². The molecule has 0 spiro atoms. The highest BCUT2D eigenvalue weighted by Gasteiger charge is 2.36. The Balaban J connectivity index is 4.39. The van der Waals surface area contributed by atoms with Crippen molar-refractivity contribution in [2.24, 2.45) is 5.92 Å². The average molecular weight is 204 g/mol. The van der Waals surface area contributed by atoms with Crippen LogP contribution in [-0.4, -0.2) is 23.5 Å². The zero-order chi connectivity index (χ0) is 10.5. The largest absolute Gasteiger partial charge is 0.400 e. The monoisotopic (exact) mass is 204 g/mol. The number of hydrogen-bond donors (Lipinski definition) is 0. The summed E-state index contributed by atoms with van der Waals surface area (Å²) in [5, 5.41) is 0.275.